The third kappa shape index (κ3) is 4.55. The van der Waals surface area contributed by atoms with Crippen molar-refractivity contribution in [2.45, 2.75) is 71.3 Å². The van der Waals surface area contributed by atoms with Crippen LogP contribution in [0, 0.1) is 12.3 Å². The monoisotopic (exact) mass is 347 g/mol. The van der Waals surface area contributed by atoms with Crippen molar-refractivity contribution in [3.8, 4) is 5.75 Å². The van der Waals surface area contributed by atoms with Gasteiger partial charge in [-0.15, -0.1) is 0 Å². The molecule has 0 aromatic heterocycles. The molecular weight excluding hydrogens is 314 g/mol. The van der Waals surface area contributed by atoms with E-state index in [4.69, 9.17) is 4.74 Å². The maximum atomic E-state index is 13.2. The molecule has 1 aliphatic carbocycles. The Bertz CT molecular complexity index is 601. The molecule has 1 fully saturated rings. The topological polar surface area (TPSA) is 58.6 Å². The minimum absolute atomic E-state index is 0.106. The molecule has 1 aromatic carbocycles. The molecule has 0 bridgehead atoms. The van der Waals surface area contributed by atoms with Crippen molar-refractivity contribution in [3.63, 3.8) is 0 Å². The van der Waals surface area contributed by atoms with Crippen LogP contribution in [0.4, 0.5) is 0 Å². The van der Waals surface area contributed by atoms with Crippen LogP contribution in [0.15, 0.2) is 18.2 Å². The number of carbonyl (C=O) groups is 1. The molecule has 0 spiro atoms. The van der Waals surface area contributed by atoms with Crippen LogP contribution in [0.25, 0.3) is 0 Å². The quantitative estimate of drug-likeness (QED) is 0.790. The highest BCUT2D eigenvalue weighted by Gasteiger charge is 2.43. The maximum absolute atomic E-state index is 13.2. The van der Waals surface area contributed by atoms with Crippen LogP contribution in [-0.2, 0) is 10.2 Å². The third-order valence-corrected chi connectivity index (χ3v) is 5.43. The summed E-state index contributed by atoms with van der Waals surface area (Å²) in [6, 6.07) is 6.14. The van der Waals surface area contributed by atoms with Crippen LogP contribution in [-0.4, -0.2) is 30.8 Å². The van der Waals surface area contributed by atoms with E-state index in [1.54, 1.807) is 14.0 Å². The molecule has 2 N–H and O–H groups in total. The molecule has 1 amide bonds. The zero-order chi connectivity index (χ0) is 18.7. The predicted octanol–water partition coefficient (Wildman–Crippen LogP) is 3.73. The number of aliphatic hydroxyl groups is 1. The molecule has 0 aliphatic heterocycles. The number of rotatable bonds is 7. The van der Waals surface area contributed by atoms with Gasteiger partial charge < -0.3 is 15.2 Å². The lowest BCUT2D eigenvalue weighted by atomic mass is 9.77. The van der Waals surface area contributed by atoms with E-state index in [-0.39, 0.29) is 17.4 Å². The normalized spacial score (nSPS) is 18.0. The van der Waals surface area contributed by atoms with Gasteiger partial charge in [0, 0.05) is 6.54 Å². The molecule has 1 aromatic rings. The molecule has 1 unspecified atom stereocenters. The van der Waals surface area contributed by atoms with E-state index in [0.717, 1.165) is 42.6 Å². The van der Waals surface area contributed by atoms with Crippen LogP contribution >= 0.6 is 0 Å². The predicted molar refractivity (Wildman–Crippen MR) is 101 cm³/mol. The molecule has 4 heteroatoms. The SMILES string of the molecule is COc1cc(C2(C(=O)NCC(C)(C)CC(C)O)CCCC2)ccc1C. The van der Waals surface area contributed by atoms with Crippen LogP contribution < -0.4 is 10.1 Å². The van der Waals surface area contributed by atoms with Crippen molar-refractivity contribution in [2.75, 3.05) is 13.7 Å². The number of nitrogens with one attached hydrogen (secondary N) is 1. The number of benzene rings is 1. The van der Waals surface area contributed by atoms with E-state index in [9.17, 15) is 9.90 Å². The molecule has 25 heavy (non-hydrogen) atoms. The fraction of sp³-hybridized carbons (Fsp3) is 0.667. The number of amides is 1. The van der Waals surface area contributed by atoms with Crippen molar-refractivity contribution < 1.29 is 14.6 Å². The summed E-state index contributed by atoms with van der Waals surface area (Å²) >= 11 is 0. The molecule has 1 saturated carbocycles. The number of ether oxygens (including phenoxy) is 1. The summed E-state index contributed by atoms with van der Waals surface area (Å²) in [6.07, 6.45) is 4.19. The molecule has 0 heterocycles. The summed E-state index contributed by atoms with van der Waals surface area (Å²) < 4.78 is 5.47. The first-order chi connectivity index (χ1) is 11.7. The van der Waals surface area contributed by atoms with Gasteiger partial charge in [-0.05, 0) is 55.7 Å². The Morgan fingerprint density at radius 3 is 2.56 bits per heavy atom. The second kappa shape index (κ2) is 7.77. The van der Waals surface area contributed by atoms with Gasteiger partial charge in [0.15, 0.2) is 0 Å². The molecule has 0 radical (unpaired) electrons. The summed E-state index contributed by atoms with van der Waals surface area (Å²) in [6.45, 7) is 8.54. The fourth-order valence-corrected chi connectivity index (χ4v) is 4.10. The molecule has 2 rings (SSSR count). The van der Waals surface area contributed by atoms with Gasteiger partial charge in [0.25, 0.3) is 0 Å². The zero-order valence-corrected chi connectivity index (χ0v) is 16.3. The minimum Gasteiger partial charge on any atom is -0.496 e. The van der Waals surface area contributed by atoms with Gasteiger partial charge >= 0.3 is 0 Å². The first-order valence-corrected chi connectivity index (χ1v) is 9.32. The highest BCUT2D eigenvalue weighted by Crippen LogP contribution is 2.43. The first-order valence-electron chi connectivity index (χ1n) is 9.32. The van der Waals surface area contributed by atoms with E-state index in [2.05, 4.69) is 25.2 Å². The summed E-state index contributed by atoms with van der Waals surface area (Å²) in [5, 5.41) is 12.8. The Kier molecular flexibility index (Phi) is 6.15. The number of aryl methyl sites for hydroxylation is 1. The maximum Gasteiger partial charge on any atom is 0.230 e. The summed E-state index contributed by atoms with van der Waals surface area (Å²) in [5.41, 5.74) is 1.55. The molecular formula is C21H33NO3. The third-order valence-electron chi connectivity index (χ3n) is 5.43. The second-order valence-electron chi connectivity index (χ2n) is 8.37. The highest BCUT2D eigenvalue weighted by molar-refractivity contribution is 5.88. The van der Waals surface area contributed by atoms with Gasteiger partial charge in [-0.2, -0.15) is 0 Å². The van der Waals surface area contributed by atoms with E-state index < -0.39 is 5.41 Å². The number of hydrogen-bond acceptors (Lipinski definition) is 3. The van der Waals surface area contributed by atoms with Gasteiger partial charge in [-0.3, -0.25) is 4.79 Å². The summed E-state index contributed by atoms with van der Waals surface area (Å²) in [7, 11) is 1.67. The average Bonchev–Trinajstić information content (AvgIpc) is 3.03. The van der Waals surface area contributed by atoms with E-state index in [1.807, 2.05) is 19.1 Å². The van der Waals surface area contributed by atoms with E-state index in [1.165, 1.54) is 0 Å². The van der Waals surface area contributed by atoms with Crippen LogP contribution in [0.1, 0.15) is 64.0 Å². The number of methoxy groups -OCH3 is 1. The van der Waals surface area contributed by atoms with Crippen molar-refractivity contribution in [1.29, 1.82) is 0 Å². The minimum atomic E-state index is -0.456. The highest BCUT2D eigenvalue weighted by atomic mass is 16.5. The molecule has 1 atom stereocenters. The van der Waals surface area contributed by atoms with Crippen LogP contribution in [0.5, 0.6) is 5.75 Å². The molecule has 0 saturated heterocycles. The van der Waals surface area contributed by atoms with Gasteiger partial charge in [0.05, 0.1) is 18.6 Å². The molecule has 1 aliphatic rings. The lowest BCUT2D eigenvalue weighted by Gasteiger charge is -2.32. The summed E-state index contributed by atoms with van der Waals surface area (Å²) in [5.74, 6) is 0.945. The Morgan fingerprint density at radius 2 is 2.00 bits per heavy atom. The Balaban J connectivity index is 2.20. The largest absolute Gasteiger partial charge is 0.496 e. The summed E-state index contributed by atoms with van der Waals surface area (Å²) in [4.78, 5) is 13.2. The van der Waals surface area contributed by atoms with Crippen molar-refractivity contribution in [3.05, 3.63) is 29.3 Å². The Morgan fingerprint density at radius 1 is 1.36 bits per heavy atom. The second-order valence-corrected chi connectivity index (χ2v) is 8.37. The first kappa shape index (κ1) is 19.8. The van der Waals surface area contributed by atoms with Crippen molar-refractivity contribution in [1.82, 2.24) is 5.32 Å². The van der Waals surface area contributed by atoms with Crippen molar-refractivity contribution in [2.24, 2.45) is 5.41 Å². The lowest BCUT2D eigenvalue weighted by molar-refractivity contribution is -0.127. The van der Waals surface area contributed by atoms with Gasteiger partial charge in [0.2, 0.25) is 5.91 Å². The number of hydrogen-bond donors (Lipinski definition) is 2. The fourth-order valence-electron chi connectivity index (χ4n) is 4.10. The van der Waals surface area contributed by atoms with E-state index >= 15 is 0 Å². The van der Waals surface area contributed by atoms with Crippen LogP contribution in [0.2, 0.25) is 0 Å². The van der Waals surface area contributed by atoms with Crippen molar-refractivity contribution >= 4 is 5.91 Å². The smallest absolute Gasteiger partial charge is 0.230 e. The molecule has 4 nitrogen and oxygen atoms in total. The van der Waals surface area contributed by atoms with Crippen LogP contribution in [0.3, 0.4) is 0 Å². The van der Waals surface area contributed by atoms with Gasteiger partial charge in [0.1, 0.15) is 5.75 Å². The van der Waals surface area contributed by atoms with Gasteiger partial charge in [-0.1, -0.05) is 38.8 Å². The number of carbonyl (C=O) groups excluding carboxylic acids is 1. The van der Waals surface area contributed by atoms with Gasteiger partial charge in [-0.25, -0.2) is 0 Å². The number of aliphatic hydroxyl groups excluding tert-OH is 1. The Hall–Kier alpha value is -1.55. The standard InChI is InChI=1S/C21H33NO3/c1-15-8-9-17(12-18(15)25-5)21(10-6-7-11-21)19(24)22-14-20(3,4)13-16(2)23/h8-9,12,16,23H,6-7,10-11,13-14H2,1-5H3,(H,22,24). The zero-order valence-electron chi connectivity index (χ0n) is 16.3. The lowest BCUT2D eigenvalue weighted by Crippen LogP contribution is -2.46. The Labute approximate surface area is 152 Å². The van der Waals surface area contributed by atoms with E-state index in [0.29, 0.717) is 13.0 Å². The molecule has 140 valence electrons. The average molecular weight is 347 g/mol.